The Morgan fingerprint density at radius 3 is 2.76 bits per heavy atom. The average Bonchev–Trinajstić information content (AvgIpc) is 3.15. The standard InChI is InChI=1S/C23H25ClFN3O4S2/c1-2-32-13-12-28-20-10-7-18(25)14-21(20)33-23(28)26-22(29)16-4-3-11-27(15-16)34(30,31)19-8-5-17(24)6-9-19/h5-10,14,16H,2-4,11-13,15H2,1H3. The maximum absolute atomic E-state index is 13.8. The number of nitrogens with zero attached hydrogens (tertiary/aromatic N) is 3. The van der Waals surface area contributed by atoms with E-state index in [1.165, 1.54) is 52.0 Å². The van der Waals surface area contributed by atoms with E-state index in [0.717, 1.165) is 5.52 Å². The van der Waals surface area contributed by atoms with Crippen LogP contribution in [0.1, 0.15) is 19.8 Å². The van der Waals surface area contributed by atoms with Gasteiger partial charge in [0.2, 0.25) is 10.0 Å². The van der Waals surface area contributed by atoms with Crippen LogP contribution in [-0.4, -0.2) is 49.5 Å². The topological polar surface area (TPSA) is 81.0 Å². The highest BCUT2D eigenvalue weighted by Gasteiger charge is 2.33. The van der Waals surface area contributed by atoms with Gasteiger partial charge in [-0.2, -0.15) is 9.30 Å². The first-order chi connectivity index (χ1) is 16.3. The maximum Gasteiger partial charge on any atom is 0.252 e. The molecule has 1 aromatic heterocycles. The van der Waals surface area contributed by atoms with E-state index in [1.807, 2.05) is 11.5 Å². The third-order valence-electron chi connectivity index (χ3n) is 5.70. The van der Waals surface area contributed by atoms with Gasteiger partial charge in [-0.3, -0.25) is 4.79 Å². The van der Waals surface area contributed by atoms with Crippen LogP contribution < -0.4 is 4.80 Å². The largest absolute Gasteiger partial charge is 0.380 e. The fourth-order valence-corrected chi connectivity index (χ4v) is 6.69. The zero-order chi connectivity index (χ0) is 24.3. The molecule has 1 aliphatic heterocycles. The van der Waals surface area contributed by atoms with Gasteiger partial charge in [0, 0.05) is 31.3 Å². The molecule has 182 valence electrons. The second-order valence-electron chi connectivity index (χ2n) is 7.95. The predicted molar refractivity (Wildman–Crippen MR) is 130 cm³/mol. The molecular weight excluding hydrogens is 501 g/mol. The van der Waals surface area contributed by atoms with E-state index in [4.69, 9.17) is 16.3 Å². The van der Waals surface area contributed by atoms with Gasteiger partial charge in [-0.25, -0.2) is 12.8 Å². The number of carbonyl (C=O) groups excluding carboxylic acids is 1. The molecule has 11 heteroatoms. The van der Waals surface area contributed by atoms with E-state index < -0.39 is 15.9 Å². The molecule has 4 rings (SSSR count). The summed E-state index contributed by atoms with van der Waals surface area (Å²) in [5, 5.41) is 0.449. The smallest absolute Gasteiger partial charge is 0.252 e. The van der Waals surface area contributed by atoms with Crippen molar-refractivity contribution in [3.63, 3.8) is 0 Å². The van der Waals surface area contributed by atoms with Crippen molar-refractivity contribution >= 4 is 49.1 Å². The molecule has 2 aromatic carbocycles. The fraction of sp³-hybridized carbons (Fsp3) is 0.391. The number of benzene rings is 2. The molecule has 1 aliphatic rings. The lowest BCUT2D eigenvalue weighted by atomic mass is 9.99. The van der Waals surface area contributed by atoms with Crippen LogP contribution in [0.15, 0.2) is 52.4 Å². The predicted octanol–water partition coefficient (Wildman–Crippen LogP) is 4.06. The summed E-state index contributed by atoms with van der Waals surface area (Å²) in [4.78, 5) is 18.1. The fourth-order valence-electron chi connectivity index (χ4n) is 3.95. The second kappa shape index (κ2) is 10.7. The first-order valence-corrected chi connectivity index (χ1v) is 13.6. The van der Waals surface area contributed by atoms with E-state index in [9.17, 15) is 17.6 Å². The highest BCUT2D eigenvalue weighted by molar-refractivity contribution is 7.89. The van der Waals surface area contributed by atoms with Crippen LogP contribution in [-0.2, 0) is 26.1 Å². The Morgan fingerprint density at radius 2 is 2.03 bits per heavy atom. The highest BCUT2D eigenvalue weighted by atomic mass is 35.5. The number of thiazole rings is 1. The Morgan fingerprint density at radius 1 is 1.26 bits per heavy atom. The molecule has 1 unspecified atom stereocenters. The third-order valence-corrected chi connectivity index (χ3v) is 8.87. The third kappa shape index (κ3) is 5.41. The SMILES string of the molecule is CCOCCn1c(=NC(=O)C2CCCN(S(=O)(=O)c3ccc(Cl)cc3)C2)sc2cc(F)ccc21. The molecular formula is C23H25ClFN3O4S2. The van der Waals surface area contributed by atoms with Gasteiger partial charge in [-0.05, 0) is 62.2 Å². The lowest BCUT2D eigenvalue weighted by molar-refractivity contribution is -0.122. The van der Waals surface area contributed by atoms with Gasteiger partial charge in [0.15, 0.2) is 4.80 Å². The number of carbonyl (C=O) groups is 1. The van der Waals surface area contributed by atoms with E-state index in [0.29, 0.717) is 53.7 Å². The van der Waals surface area contributed by atoms with Crippen molar-refractivity contribution < 1.29 is 22.3 Å². The number of aromatic nitrogens is 1. The number of fused-ring (bicyclic) bond motifs is 1. The summed E-state index contributed by atoms with van der Waals surface area (Å²) in [5.74, 6) is -1.30. The van der Waals surface area contributed by atoms with Crippen LogP contribution in [0, 0.1) is 11.7 Å². The maximum atomic E-state index is 13.8. The number of amides is 1. The molecule has 0 N–H and O–H groups in total. The highest BCUT2D eigenvalue weighted by Crippen LogP contribution is 2.26. The lowest BCUT2D eigenvalue weighted by Gasteiger charge is -2.30. The first-order valence-electron chi connectivity index (χ1n) is 11.0. The Bertz CT molecular complexity index is 1350. The van der Waals surface area contributed by atoms with E-state index in [2.05, 4.69) is 4.99 Å². The van der Waals surface area contributed by atoms with Crippen molar-refractivity contribution in [2.45, 2.75) is 31.2 Å². The summed E-state index contributed by atoms with van der Waals surface area (Å²) >= 11 is 7.11. The summed E-state index contributed by atoms with van der Waals surface area (Å²) in [6.45, 7) is 3.75. The minimum absolute atomic E-state index is 0.0613. The van der Waals surface area contributed by atoms with E-state index >= 15 is 0 Å². The van der Waals surface area contributed by atoms with Crippen molar-refractivity contribution in [1.29, 1.82) is 0 Å². The minimum Gasteiger partial charge on any atom is -0.380 e. The van der Waals surface area contributed by atoms with Gasteiger partial charge in [-0.15, -0.1) is 0 Å². The lowest BCUT2D eigenvalue weighted by Crippen LogP contribution is -2.42. The van der Waals surface area contributed by atoms with Crippen LogP contribution in [0.2, 0.25) is 5.02 Å². The monoisotopic (exact) mass is 525 g/mol. The van der Waals surface area contributed by atoms with Gasteiger partial charge in [0.25, 0.3) is 5.91 Å². The van der Waals surface area contributed by atoms with Gasteiger partial charge >= 0.3 is 0 Å². The molecule has 1 fully saturated rings. The molecule has 1 amide bonds. The second-order valence-corrected chi connectivity index (χ2v) is 11.3. The Balaban J connectivity index is 1.61. The summed E-state index contributed by atoms with van der Waals surface area (Å²) in [6, 6.07) is 10.4. The number of ether oxygens (including phenoxy) is 1. The minimum atomic E-state index is -3.75. The van der Waals surface area contributed by atoms with Gasteiger partial charge < -0.3 is 9.30 Å². The van der Waals surface area contributed by atoms with Crippen LogP contribution in [0.4, 0.5) is 4.39 Å². The van der Waals surface area contributed by atoms with Crippen LogP contribution in [0.5, 0.6) is 0 Å². The Hall–Kier alpha value is -2.11. The number of hydrogen-bond donors (Lipinski definition) is 0. The average molecular weight is 526 g/mol. The van der Waals surface area contributed by atoms with Crippen LogP contribution in [0.3, 0.4) is 0 Å². The number of rotatable bonds is 7. The Labute approximate surface area is 206 Å². The molecule has 0 spiro atoms. The van der Waals surface area contributed by atoms with E-state index in [1.54, 1.807) is 6.07 Å². The summed E-state index contributed by atoms with van der Waals surface area (Å²) in [5.41, 5.74) is 0.772. The molecule has 1 saturated heterocycles. The van der Waals surface area contributed by atoms with Crippen LogP contribution >= 0.6 is 22.9 Å². The van der Waals surface area contributed by atoms with Crippen molar-refractivity contribution in [2.24, 2.45) is 10.9 Å². The molecule has 0 radical (unpaired) electrons. The van der Waals surface area contributed by atoms with E-state index in [-0.39, 0.29) is 23.2 Å². The number of hydrogen-bond acceptors (Lipinski definition) is 5. The molecule has 0 bridgehead atoms. The molecule has 34 heavy (non-hydrogen) atoms. The Kier molecular flexibility index (Phi) is 7.83. The zero-order valence-electron chi connectivity index (χ0n) is 18.6. The first kappa shape index (κ1) is 25.0. The van der Waals surface area contributed by atoms with Crippen molar-refractivity contribution in [1.82, 2.24) is 8.87 Å². The molecule has 0 saturated carbocycles. The molecule has 1 atom stereocenters. The number of halogens is 2. The van der Waals surface area contributed by atoms with Crippen molar-refractivity contribution in [3.8, 4) is 0 Å². The normalized spacial score (nSPS) is 18.0. The van der Waals surface area contributed by atoms with Crippen molar-refractivity contribution in [3.05, 3.63) is 58.1 Å². The van der Waals surface area contributed by atoms with Gasteiger partial charge in [0.1, 0.15) is 5.82 Å². The van der Waals surface area contributed by atoms with Gasteiger partial charge in [-0.1, -0.05) is 22.9 Å². The summed E-state index contributed by atoms with van der Waals surface area (Å²) < 4.78 is 49.2. The van der Waals surface area contributed by atoms with Gasteiger partial charge in [0.05, 0.1) is 27.6 Å². The molecule has 7 nitrogen and oxygen atoms in total. The zero-order valence-corrected chi connectivity index (χ0v) is 21.0. The number of piperidine rings is 1. The molecule has 3 aromatic rings. The van der Waals surface area contributed by atoms with Crippen LogP contribution in [0.25, 0.3) is 10.2 Å². The summed E-state index contributed by atoms with van der Waals surface area (Å²) in [7, 11) is -3.75. The quantitative estimate of drug-likeness (QED) is 0.436. The molecule has 2 heterocycles. The number of sulfonamides is 1. The summed E-state index contributed by atoms with van der Waals surface area (Å²) in [6.07, 6.45) is 1.11. The molecule has 0 aliphatic carbocycles. The van der Waals surface area contributed by atoms with Crippen molar-refractivity contribution in [2.75, 3.05) is 26.3 Å².